The van der Waals surface area contributed by atoms with Crippen molar-refractivity contribution in [1.29, 1.82) is 0 Å². The number of carbonyl (C=O) groups is 2. The van der Waals surface area contributed by atoms with Gasteiger partial charge in [0.2, 0.25) is 0 Å². The van der Waals surface area contributed by atoms with Gasteiger partial charge in [-0.15, -0.1) is 0 Å². The van der Waals surface area contributed by atoms with Crippen LogP contribution in [0.3, 0.4) is 0 Å². The fourth-order valence-electron chi connectivity index (χ4n) is 3.82. The second-order valence-corrected chi connectivity index (χ2v) is 8.65. The van der Waals surface area contributed by atoms with E-state index in [1.54, 1.807) is 20.8 Å². The molecule has 1 N–H and O–H groups in total. The van der Waals surface area contributed by atoms with Gasteiger partial charge in [-0.05, 0) is 43.9 Å². The van der Waals surface area contributed by atoms with Crippen LogP contribution in [0.5, 0.6) is 0 Å². The summed E-state index contributed by atoms with van der Waals surface area (Å²) in [5.74, 6) is -0.365. The van der Waals surface area contributed by atoms with E-state index in [0.717, 1.165) is 16.7 Å². The second kappa shape index (κ2) is 7.19. The zero-order valence-electron chi connectivity index (χ0n) is 17.0. The number of hydrogen-bond donors (Lipinski definition) is 1. The molecule has 2 amide bonds. The van der Waals surface area contributed by atoms with Crippen molar-refractivity contribution in [3.8, 4) is 0 Å². The van der Waals surface area contributed by atoms with Crippen molar-refractivity contribution in [3.05, 3.63) is 71.3 Å². The van der Waals surface area contributed by atoms with Crippen LogP contribution in [0.4, 0.5) is 4.79 Å². The molecule has 2 atom stereocenters. The molecule has 0 saturated heterocycles. The number of fused-ring (bicyclic) bond motifs is 1. The predicted molar refractivity (Wildman–Crippen MR) is 108 cm³/mol. The Kier molecular flexibility index (Phi) is 4.82. The van der Waals surface area contributed by atoms with E-state index < -0.39 is 17.2 Å². The normalized spacial score (nSPS) is 23.1. The summed E-state index contributed by atoms with van der Waals surface area (Å²) in [6.45, 7) is 6.09. The number of rotatable bonds is 3. The van der Waals surface area contributed by atoms with Gasteiger partial charge in [0, 0.05) is 5.92 Å². The van der Waals surface area contributed by atoms with Crippen molar-refractivity contribution in [2.75, 3.05) is 0 Å². The van der Waals surface area contributed by atoms with Gasteiger partial charge in [-0.2, -0.15) is 0 Å². The third kappa shape index (κ3) is 3.98. The summed E-state index contributed by atoms with van der Waals surface area (Å²) in [4.78, 5) is 31.8. The molecule has 6 heteroatoms. The monoisotopic (exact) mass is 394 g/mol. The van der Waals surface area contributed by atoms with E-state index in [1.165, 1.54) is 5.06 Å². The highest BCUT2D eigenvalue weighted by Crippen LogP contribution is 2.53. The third-order valence-corrected chi connectivity index (χ3v) is 5.30. The van der Waals surface area contributed by atoms with E-state index in [0.29, 0.717) is 19.6 Å². The van der Waals surface area contributed by atoms with Crippen molar-refractivity contribution < 1.29 is 19.2 Å². The molecule has 4 rings (SSSR count). The molecule has 152 valence electrons. The van der Waals surface area contributed by atoms with E-state index in [2.05, 4.69) is 5.32 Å². The van der Waals surface area contributed by atoms with Gasteiger partial charge < -0.3 is 10.1 Å². The van der Waals surface area contributed by atoms with Crippen LogP contribution in [0.25, 0.3) is 0 Å². The molecule has 0 radical (unpaired) electrons. The Bertz CT molecular complexity index is 922. The molecule has 6 nitrogen and oxygen atoms in total. The number of carbonyl (C=O) groups excluding carboxylic acids is 2. The van der Waals surface area contributed by atoms with Crippen LogP contribution in [0.2, 0.25) is 0 Å². The van der Waals surface area contributed by atoms with Gasteiger partial charge >= 0.3 is 6.09 Å². The first kappa shape index (κ1) is 19.5. The summed E-state index contributed by atoms with van der Waals surface area (Å²) >= 11 is 0. The Morgan fingerprint density at radius 1 is 1.07 bits per heavy atom. The first-order valence-corrected chi connectivity index (χ1v) is 9.86. The highest BCUT2D eigenvalue weighted by atomic mass is 16.7. The van der Waals surface area contributed by atoms with E-state index in [4.69, 9.17) is 9.57 Å². The van der Waals surface area contributed by atoms with Gasteiger partial charge in [-0.3, -0.25) is 9.63 Å². The molecule has 0 bridgehead atoms. The second-order valence-electron chi connectivity index (χ2n) is 8.65. The quantitative estimate of drug-likeness (QED) is 0.857. The Hall–Kier alpha value is -2.86. The third-order valence-electron chi connectivity index (χ3n) is 5.30. The van der Waals surface area contributed by atoms with Crippen molar-refractivity contribution in [2.45, 2.75) is 57.4 Å². The smallest absolute Gasteiger partial charge is 0.408 e. The number of nitrogens with zero attached hydrogens (tertiary/aromatic N) is 1. The first-order valence-electron chi connectivity index (χ1n) is 9.86. The number of amides is 2. The van der Waals surface area contributed by atoms with Crippen LogP contribution in [0, 0.1) is 0 Å². The van der Waals surface area contributed by atoms with E-state index in [1.807, 2.05) is 54.6 Å². The largest absolute Gasteiger partial charge is 0.444 e. The van der Waals surface area contributed by atoms with Crippen molar-refractivity contribution in [2.24, 2.45) is 0 Å². The summed E-state index contributed by atoms with van der Waals surface area (Å²) in [7, 11) is 0. The zero-order valence-corrected chi connectivity index (χ0v) is 17.0. The average molecular weight is 394 g/mol. The Balaban J connectivity index is 1.58. The fraction of sp³-hybridized carbons (Fsp3) is 0.391. The molecule has 1 fully saturated rings. The zero-order chi connectivity index (χ0) is 20.6. The summed E-state index contributed by atoms with van der Waals surface area (Å²) < 4.78 is 5.43. The van der Waals surface area contributed by atoms with E-state index in [9.17, 15) is 9.59 Å². The topological polar surface area (TPSA) is 67.9 Å². The van der Waals surface area contributed by atoms with E-state index in [-0.39, 0.29) is 11.8 Å². The molecule has 0 spiro atoms. The van der Waals surface area contributed by atoms with Gasteiger partial charge in [0.1, 0.15) is 17.7 Å². The maximum absolute atomic E-state index is 13.5. The Morgan fingerprint density at radius 3 is 2.41 bits per heavy atom. The lowest BCUT2D eigenvalue weighted by Gasteiger charge is -2.32. The Morgan fingerprint density at radius 2 is 1.72 bits per heavy atom. The number of hydroxylamine groups is 2. The molecule has 0 unspecified atom stereocenters. The molecule has 1 saturated carbocycles. The van der Waals surface area contributed by atoms with Gasteiger partial charge in [-0.25, -0.2) is 9.86 Å². The highest BCUT2D eigenvalue weighted by Gasteiger charge is 2.64. The molecular weight excluding hydrogens is 368 g/mol. The average Bonchev–Trinajstić information content (AvgIpc) is 3.41. The molecular formula is C23H26N2O4. The number of benzene rings is 2. The van der Waals surface area contributed by atoms with Gasteiger partial charge in [0.15, 0.2) is 0 Å². The van der Waals surface area contributed by atoms with Crippen molar-refractivity contribution in [3.63, 3.8) is 0 Å². The molecule has 1 aliphatic carbocycles. The summed E-state index contributed by atoms with van der Waals surface area (Å²) in [5.41, 5.74) is 1.42. The van der Waals surface area contributed by atoms with Gasteiger partial charge in [0.25, 0.3) is 5.91 Å². The molecule has 2 aromatic carbocycles. The molecule has 2 aromatic rings. The maximum Gasteiger partial charge on any atom is 0.408 e. The van der Waals surface area contributed by atoms with Crippen molar-refractivity contribution in [1.82, 2.24) is 10.4 Å². The van der Waals surface area contributed by atoms with Crippen LogP contribution in [0.15, 0.2) is 54.6 Å². The minimum atomic E-state index is -1.06. The SMILES string of the molecule is CC(C)(C)OC(=O)N[C@@]1(C(=O)N2Cc3ccccc3CO2)C[C@@H]1c1ccccc1. The maximum atomic E-state index is 13.5. The molecule has 0 aromatic heterocycles. The van der Waals surface area contributed by atoms with Crippen molar-refractivity contribution >= 4 is 12.0 Å². The number of hydrogen-bond acceptors (Lipinski definition) is 4. The van der Waals surface area contributed by atoms with E-state index >= 15 is 0 Å². The minimum Gasteiger partial charge on any atom is -0.444 e. The van der Waals surface area contributed by atoms with Crippen LogP contribution in [0.1, 0.15) is 49.8 Å². The van der Waals surface area contributed by atoms with Crippen LogP contribution in [-0.4, -0.2) is 28.2 Å². The summed E-state index contributed by atoms with van der Waals surface area (Å²) in [6, 6.07) is 17.6. The standard InChI is InChI=1S/C23H26N2O4/c1-22(2,3)29-21(27)24-23(13-19(23)16-9-5-4-6-10-16)20(26)25-14-17-11-7-8-12-18(17)15-28-25/h4-12,19H,13-15H2,1-3H3,(H,24,27)/t19-,23+/m1/s1. The molecule has 29 heavy (non-hydrogen) atoms. The summed E-state index contributed by atoms with van der Waals surface area (Å²) in [6.07, 6.45) is -0.0851. The van der Waals surface area contributed by atoms with Gasteiger partial charge in [0.05, 0.1) is 6.54 Å². The Labute approximate surface area is 170 Å². The lowest BCUT2D eigenvalue weighted by molar-refractivity contribution is -0.204. The fourth-order valence-corrected chi connectivity index (χ4v) is 3.82. The highest BCUT2D eigenvalue weighted by molar-refractivity contribution is 5.94. The molecule has 2 aliphatic rings. The predicted octanol–water partition coefficient (Wildman–Crippen LogP) is 3.91. The number of ether oxygens (including phenoxy) is 1. The van der Waals surface area contributed by atoms with Crippen LogP contribution >= 0.6 is 0 Å². The molecule has 1 aliphatic heterocycles. The number of alkyl carbamates (subject to hydrolysis) is 1. The van der Waals surface area contributed by atoms with Crippen LogP contribution in [-0.2, 0) is 27.5 Å². The van der Waals surface area contributed by atoms with Gasteiger partial charge in [-0.1, -0.05) is 54.6 Å². The summed E-state index contributed by atoms with van der Waals surface area (Å²) in [5, 5.41) is 4.24. The first-order chi connectivity index (χ1) is 13.8. The number of nitrogens with one attached hydrogen (secondary N) is 1. The lowest BCUT2D eigenvalue weighted by Crippen LogP contribution is -2.53. The van der Waals surface area contributed by atoms with Crippen LogP contribution < -0.4 is 5.32 Å². The molecule has 1 heterocycles. The lowest BCUT2D eigenvalue weighted by atomic mass is 10.0. The minimum absolute atomic E-state index is 0.121.